The van der Waals surface area contributed by atoms with Crippen LogP contribution in [0, 0.1) is 11.3 Å². The van der Waals surface area contributed by atoms with Crippen LogP contribution < -0.4 is 5.32 Å². The highest BCUT2D eigenvalue weighted by molar-refractivity contribution is 5.90. The van der Waals surface area contributed by atoms with E-state index in [1.165, 1.54) is 0 Å². The Labute approximate surface area is 146 Å². The number of anilines is 1. The van der Waals surface area contributed by atoms with Gasteiger partial charge >= 0.3 is 6.03 Å². The maximum Gasteiger partial charge on any atom is 0.323 e. The van der Waals surface area contributed by atoms with Crippen molar-refractivity contribution in [2.75, 3.05) is 18.5 Å². The zero-order chi connectivity index (χ0) is 18.0. The number of fused-ring (bicyclic) bond motifs is 1. The predicted octanol–water partition coefficient (Wildman–Crippen LogP) is 2.46. The molecule has 0 unspecified atom stereocenters. The zero-order valence-electron chi connectivity index (χ0n) is 14.3. The van der Waals surface area contributed by atoms with Crippen LogP contribution in [0.4, 0.5) is 10.6 Å². The summed E-state index contributed by atoms with van der Waals surface area (Å²) in [7, 11) is 0. The Balaban J connectivity index is 1.83. The number of amides is 2. The fourth-order valence-electron chi connectivity index (χ4n) is 3.09. The molecule has 7 heteroatoms. The third kappa shape index (κ3) is 3.21. The first-order valence-electron chi connectivity index (χ1n) is 8.30. The lowest BCUT2D eigenvalue weighted by molar-refractivity contribution is 0.135. The highest BCUT2D eigenvalue weighted by Gasteiger charge is 2.30. The number of urea groups is 1. The van der Waals surface area contributed by atoms with Gasteiger partial charge in [-0.3, -0.25) is 10.00 Å². The van der Waals surface area contributed by atoms with Crippen molar-refractivity contribution in [2.24, 2.45) is 0 Å². The summed E-state index contributed by atoms with van der Waals surface area (Å²) in [5.41, 5.74) is 2.42. The number of aliphatic hydroxyl groups excluding tert-OH is 1. The van der Waals surface area contributed by atoms with Crippen LogP contribution in [0.25, 0.3) is 0 Å². The molecule has 2 amide bonds. The molecule has 0 bridgehead atoms. The lowest BCUT2D eigenvalue weighted by Crippen LogP contribution is -2.44. The molecule has 0 saturated heterocycles. The Hall–Kier alpha value is -2.85. The SMILES string of the molecule is CC(C)n1cc(C#N)c(NC(=O)N2CCc3ccccc3[C@H]2CO)n1. The second-order valence-electron chi connectivity index (χ2n) is 6.35. The normalized spacial score (nSPS) is 16.4. The molecule has 3 rings (SSSR count). The first kappa shape index (κ1) is 17.0. The molecule has 130 valence electrons. The summed E-state index contributed by atoms with van der Waals surface area (Å²) in [4.78, 5) is 14.3. The van der Waals surface area contributed by atoms with Crippen molar-refractivity contribution in [2.45, 2.75) is 32.4 Å². The number of rotatable bonds is 3. The summed E-state index contributed by atoms with van der Waals surface area (Å²) in [6, 6.07) is 9.20. The molecule has 1 aliphatic rings. The minimum Gasteiger partial charge on any atom is -0.394 e. The number of aromatic nitrogens is 2. The number of carbonyl (C=O) groups is 1. The first-order chi connectivity index (χ1) is 12.0. The maximum atomic E-state index is 12.7. The van der Waals surface area contributed by atoms with Crippen LogP contribution >= 0.6 is 0 Å². The van der Waals surface area contributed by atoms with Gasteiger partial charge in [0.1, 0.15) is 11.6 Å². The Morgan fingerprint density at radius 1 is 1.48 bits per heavy atom. The van der Waals surface area contributed by atoms with Gasteiger partial charge in [-0.1, -0.05) is 24.3 Å². The van der Waals surface area contributed by atoms with Gasteiger partial charge in [-0.05, 0) is 31.4 Å². The summed E-state index contributed by atoms with van der Waals surface area (Å²) >= 11 is 0. The van der Waals surface area contributed by atoms with Gasteiger partial charge in [0.2, 0.25) is 0 Å². The van der Waals surface area contributed by atoms with Crippen molar-refractivity contribution in [3.05, 3.63) is 47.2 Å². The monoisotopic (exact) mass is 339 g/mol. The number of nitrogens with zero attached hydrogens (tertiary/aromatic N) is 4. The molecule has 25 heavy (non-hydrogen) atoms. The molecular formula is C18H21N5O2. The van der Waals surface area contributed by atoms with Crippen molar-refractivity contribution >= 4 is 11.8 Å². The molecule has 2 aromatic rings. The first-order valence-corrected chi connectivity index (χ1v) is 8.30. The molecule has 7 nitrogen and oxygen atoms in total. The summed E-state index contributed by atoms with van der Waals surface area (Å²) in [5, 5.41) is 26.1. The summed E-state index contributed by atoms with van der Waals surface area (Å²) in [6.07, 6.45) is 2.35. The Kier molecular flexibility index (Phi) is 4.72. The van der Waals surface area contributed by atoms with Crippen LogP contribution in [-0.2, 0) is 6.42 Å². The number of nitrogens with one attached hydrogen (secondary N) is 1. The molecule has 1 aromatic carbocycles. The molecule has 0 saturated carbocycles. The van der Waals surface area contributed by atoms with Crippen LogP contribution in [0.3, 0.4) is 0 Å². The number of hydrogen-bond donors (Lipinski definition) is 2. The number of carbonyl (C=O) groups excluding carboxylic acids is 1. The quantitative estimate of drug-likeness (QED) is 0.898. The molecule has 2 N–H and O–H groups in total. The maximum absolute atomic E-state index is 12.7. The summed E-state index contributed by atoms with van der Waals surface area (Å²) < 4.78 is 1.64. The molecule has 0 radical (unpaired) electrons. The van der Waals surface area contributed by atoms with Crippen LogP contribution in [0.1, 0.15) is 42.6 Å². The van der Waals surface area contributed by atoms with Gasteiger partial charge in [-0.25, -0.2) is 4.79 Å². The molecule has 0 spiro atoms. The smallest absolute Gasteiger partial charge is 0.323 e. The van der Waals surface area contributed by atoms with Crippen LogP contribution in [-0.4, -0.2) is 39.0 Å². The zero-order valence-corrected chi connectivity index (χ0v) is 14.3. The lowest BCUT2D eigenvalue weighted by atomic mass is 9.93. The van der Waals surface area contributed by atoms with Crippen molar-refractivity contribution in [3.63, 3.8) is 0 Å². The minimum absolute atomic E-state index is 0.0878. The number of aliphatic hydroxyl groups is 1. The molecule has 1 aromatic heterocycles. The van der Waals surface area contributed by atoms with Gasteiger partial charge in [0.05, 0.1) is 12.6 Å². The minimum atomic E-state index is -0.400. The van der Waals surface area contributed by atoms with E-state index in [-0.39, 0.29) is 24.5 Å². The average molecular weight is 339 g/mol. The van der Waals surface area contributed by atoms with Gasteiger partial charge in [-0.2, -0.15) is 10.4 Å². The van der Waals surface area contributed by atoms with E-state index < -0.39 is 6.04 Å². The second-order valence-corrected chi connectivity index (χ2v) is 6.35. The number of nitriles is 1. The fraction of sp³-hybridized carbons (Fsp3) is 0.389. The molecular weight excluding hydrogens is 318 g/mol. The van der Waals surface area contributed by atoms with Crippen molar-refractivity contribution in [1.82, 2.24) is 14.7 Å². The number of hydrogen-bond acceptors (Lipinski definition) is 4. The largest absolute Gasteiger partial charge is 0.394 e. The van der Waals surface area contributed by atoms with Crippen molar-refractivity contribution in [3.8, 4) is 6.07 Å². The van der Waals surface area contributed by atoms with Crippen LogP contribution in [0.2, 0.25) is 0 Å². The standard InChI is InChI=1S/C18H21N5O2/c1-12(2)23-10-14(9-19)17(21-23)20-18(25)22-8-7-13-5-3-4-6-15(13)16(22)11-24/h3-6,10,12,16,24H,7-8,11H2,1-2H3,(H,20,21,25)/t16-/m1/s1. The average Bonchev–Trinajstić information content (AvgIpc) is 3.03. The van der Waals surface area contributed by atoms with E-state index in [2.05, 4.69) is 16.5 Å². The van der Waals surface area contributed by atoms with E-state index in [4.69, 9.17) is 0 Å². The van der Waals surface area contributed by atoms with Crippen LogP contribution in [0.5, 0.6) is 0 Å². The molecule has 1 atom stereocenters. The van der Waals surface area contributed by atoms with E-state index in [0.717, 1.165) is 17.5 Å². The predicted molar refractivity (Wildman–Crippen MR) is 93.0 cm³/mol. The van der Waals surface area contributed by atoms with E-state index in [0.29, 0.717) is 12.1 Å². The highest BCUT2D eigenvalue weighted by atomic mass is 16.3. The van der Waals surface area contributed by atoms with E-state index in [9.17, 15) is 15.2 Å². The van der Waals surface area contributed by atoms with E-state index >= 15 is 0 Å². The van der Waals surface area contributed by atoms with E-state index in [1.807, 2.05) is 38.1 Å². The number of benzene rings is 1. The van der Waals surface area contributed by atoms with E-state index in [1.54, 1.807) is 15.8 Å². The summed E-state index contributed by atoms with van der Waals surface area (Å²) in [6.45, 7) is 4.24. The van der Waals surface area contributed by atoms with Crippen LogP contribution in [0.15, 0.2) is 30.5 Å². The second kappa shape index (κ2) is 6.95. The Bertz CT molecular complexity index is 821. The molecule has 0 fully saturated rings. The van der Waals surface area contributed by atoms with Crippen molar-refractivity contribution < 1.29 is 9.90 Å². The molecule has 0 aliphatic carbocycles. The summed E-state index contributed by atoms with van der Waals surface area (Å²) in [5.74, 6) is 0.247. The third-order valence-corrected chi connectivity index (χ3v) is 4.45. The topological polar surface area (TPSA) is 94.2 Å². The Morgan fingerprint density at radius 2 is 2.24 bits per heavy atom. The van der Waals surface area contributed by atoms with Gasteiger partial charge in [0.15, 0.2) is 5.82 Å². The van der Waals surface area contributed by atoms with Gasteiger partial charge in [0, 0.05) is 18.8 Å². The van der Waals surface area contributed by atoms with Gasteiger partial charge in [-0.15, -0.1) is 0 Å². The van der Waals surface area contributed by atoms with Gasteiger partial charge < -0.3 is 10.0 Å². The fourth-order valence-corrected chi connectivity index (χ4v) is 3.09. The van der Waals surface area contributed by atoms with Crippen molar-refractivity contribution in [1.29, 1.82) is 5.26 Å². The Morgan fingerprint density at radius 3 is 2.92 bits per heavy atom. The molecule has 2 heterocycles. The highest BCUT2D eigenvalue weighted by Crippen LogP contribution is 2.30. The van der Waals surface area contributed by atoms with Gasteiger partial charge in [0.25, 0.3) is 0 Å². The lowest BCUT2D eigenvalue weighted by Gasteiger charge is -2.36. The molecule has 1 aliphatic heterocycles. The third-order valence-electron chi connectivity index (χ3n) is 4.45.